The number of hydrogen-bond donors (Lipinski definition) is 0. The normalized spacial score (nSPS) is 14.1. The Morgan fingerprint density at radius 2 is 1.96 bits per heavy atom. The Labute approximate surface area is 161 Å². The number of carbonyl (C=O) groups is 1. The molecular weight excluding hydrogens is 396 g/mol. The molecule has 0 fully saturated rings. The summed E-state index contributed by atoms with van der Waals surface area (Å²) in [5, 5.41) is 0. The maximum absolute atomic E-state index is 11.7. The van der Waals surface area contributed by atoms with Crippen molar-refractivity contribution in [3.8, 4) is 11.8 Å². The van der Waals surface area contributed by atoms with Gasteiger partial charge < -0.3 is 9.16 Å². The fourth-order valence-electron chi connectivity index (χ4n) is 2.20. The minimum atomic E-state index is -1.92. The van der Waals surface area contributed by atoms with Gasteiger partial charge in [-0.3, -0.25) is 0 Å². The molecule has 3 nitrogen and oxygen atoms in total. The van der Waals surface area contributed by atoms with Crippen LogP contribution in [-0.4, -0.2) is 26.5 Å². The lowest BCUT2D eigenvalue weighted by Crippen LogP contribution is -2.44. The second-order valence-electron chi connectivity index (χ2n) is 6.99. The third-order valence-electron chi connectivity index (χ3n) is 3.38. The van der Waals surface area contributed by atoms with E-state index >= 15 is 0 Å². The maximum atomic E-state index is 11.7. The highest BCUT2D eigenvalue weighted by atomic mass is 79.9. The Kier molecular flexibility index (Phi) is 8.13. The van der Waals surface area contributed by atoms with Crippen LogP contribution < -0.4 is 0 Å². The molecule has 0 saturated carbocycles. The summed E-state index contributed by atoms with van der Waals surface area (Å²) in [4.78, 5) is 11.7. The third kappa shape index (κ3) is 7.19. The zero-order valence-electron chi connectivity index (χ0n) is 15.9. The smallest absolute Gasteiger partial charge is 0.384 e. The van der Waals surface area contributed by atoms with Crippen LogP contribution >= 0.6 is 15.9 Å². The van der Waals surface area contributed by atoms with Crippen LogP contribution in [0.5, 0.6) is 0 Å². The summed E-state index contributed by atoms with van der Waals surface area (Å²) in [5.74, 6) is 5.19. The molecular formula is C20H27BrO3Si. The highest BCUT2D eigenvalue weighted by Crippen LogP contribution is 2.29. The molecule has 0 N–H and O–H groups in total. The van der Waals surface area contributed by atoms with E-state index in [1.807, 2.05) is 50.3 Å². The number of rotatable bonds is 6. The molecule has 136 valence electrons. The van der Waals surface area contributed by atoms with Crippen molar-refractivity contribution >= 4 is 36.3 Å². The first-order valence-corrected chi connectivity index (χ1v) is 12.6. The van der Waals surface area contributed by atoms with E-state index in [0.29, 0.717) is 6.61 Å². The van der Waals surface area contributed by atoms with Crippen LogP contribution in [0.25, 0.3) is 6.08 Å². The molecule has 0 aliphatic carbocycles. The third-order valence-corrected chi connectivity index (χ3v) is 5.06. The van der Waals surface area contributed by atoms with Crippen LogP contribution in [0, 0.1) is 17.8 Å². The molecule has 0 saturated heterocycles. The SMILES string of the molecule is CCOC(=O)C#CC(/C=C/c1ccccc1Br)(O[Si](C)(C)C)C(C)C. The molecule has 0 heterocycles. The first kappa shape index (κ1) is 21.7. The van der Waals surface area contributed by atoms with Gasteiger partial charge in [-0.05, 0) is 50.2 Å². The van der Waals surface area contributed by atoms with E-state index in [2.05, 4.69) is 47.4 Å². The van der Waals surface area contributed by atoms with Gasteiger partial charge in [0.15, 0.2) is 8.32 Å². The molecule has 5 heteroatoms. The summed E-state index contributed by atoms with van der Waals surface area (Å²) in [7, 11) is -1.92. The second kappa shape index (κ2) is 9.37. The first-order valence-electron chi connectivity index (χ1n) is 8.43. The summed E-state index contributed by atoms with van der Waals surface area (Å²) in [5.41, 5.74) is 0.191. The minimum Gasteiger partial charge on any atom is -0.456 e. The second-order valence-corrected chi connectivity index (χ2v) is 12.3. The van der Waals surface area contributed by atoms with Gasteiger partial charge in [0.05, 0.1) is 6.61 Å². The van der Waals surface area contributed by atoms with Gasteiger partial charge in [0, 0.05) is 10.4 Å². The lowest BCUT2D eigenvalue weighted by atomic mass is 9.90. The van der Waals surface area contributed by atoms with E-state index in [1.165, 1.54) is 0 Å². The maximum Gasteiger partial charge on any atom is 0.384 e. The number of hydrogen-bond acceptors (Lipinski definition) is 3. The Morgan fingerprint density at radius 1 is 1.32 bits per heavy atom. The van der Waals surface area contributed by atoms with Crippen molar-refractivity contribution in [1.29, 1.82) is 0 Å². The van der Waals surface area contributed by atoms with Crippen LogP contribution in [0.1, 0.15) is 26.3 Å². The van der Waals surface area contributed by atoms with Crippen LogP contribution in [0.3, 0.4) is 0 Å². The van der Waals surface area contributed by atoms with Gasteiger partial charge in [0.2, 0.25) is 0 Å². The average Bonchev–Trinajstić information content (AvgIpc) is 2.50. The highest BCUT2D eigenvalue weighted by molar-refractivity contribution is 9.10. The minimum absolute atomic E-state index is 0.0693. The van der Waals surface area contributed by atoms with Crippen LogP contribution in [0.4, 0.5) is 0 Å². The Bertz CT molecular complexity index is 680. The number of carbonyl (C=O) groups excluding carboxylic acids is 1. The van der Waals surface area contributed by atoms with Crippen LogP contribution in [-0.2, 0) is 14.0 Å². The number of halogens is 1. The van der Waals surface area contributed by atoms with E-state index in [-0.39, 0.29) is 5.92 Å². The van der Waals surface area contributed by atoms with Crippen LogP contribution in [0.2, 0.25) is 19.6 Å². The van der Waals surface area contributed by atoms with Gasteiger partial charge in [-0.1, -0.05) is 60.0 Å². The molecule has 1 aromatic carbocycles. The van der Waals surface area contributed by atoms with Gasteiger partial charge in [0.25, 0.3) is 0 Å². The highest BCUT2D eigenvalue weighted by Gasteiger charge is 2.35. The zero-order chi connectivity index (χ0) is 19.1. The summed E-state index contributed by atoms with van der Waals surface area (Å²) in [6.45, 7) is 12.5. The Balaban J connectivity index is 3.33. The van der Waals surface area contributed by atoms with E-state index in [9.17, 15) is 4.79 Å². The van der Waals surface area contributed by atoms with Crippen molar-refractivity contribution in [3.05, 3.63) is 40.4 Å². The lowest BCUT2D eigenvalue weighted by molar-refractivity contribution is -0.136. The Hall–Kier alpha value is -1.35. The van der Waals surface area contributed by atoms with Gasteiger partial charge in [-0.25, -0.2) is 4.79 Å². The monoisotopic (exact) mass is 422 g/mol. The van der Waals surface area contributed by atoms with Crippen molar-refractivity contribution in [1.82, 2.24) is 0 Å². The predicted octanol–water partition coefficient (Wildman–Crippen LogP) is 5.28. The molecule has 0 amide bonds. The van der Waals surface area contributed by atoms with E-state index < -0.39 is 19.9 Å². The number of ether oxygens (including phenoxy) is 1. The fraction of sp³-hybridized carbons (Fsp3) is 0.450. The molecule has 0 aliphatic heterocycles. The quantitative estimate of drug-likeness (QED) is 0.271. The summed E-state index contributed by atoms with van der Waals surface area (Å²) in [6, 6.07) is 7.95. The average molecular weight is 423 g/mol. The molecule has 1 aromatic rings. The van der Waals surface area contributed by atoms with Crippen molar-refractivity contribution < 1.29 is 14.0 Å². The van der Waals surface area contributed by atoms with Crippen molar-refractivity contribution in [2.24, 2.45) is 5.92 Å². The van der Waals surface area contributed by atoms with E-state index in [1.54, 1.807) is 6.92 Å². The molecule has 1 unspecified atom stereocenters. The van der Waals surface area contributed by atoms with Crippen molar-refractivity contribution in [2.75, 3.05) is 6.61 Å². The number of benzene rings is 1. The largest absolute Gasteiger partial charge is 0.456 e. The lowest BCUT2D eigenvalue weighted by Gasteiger charge is -2.36. The summed E-state index contributed by atoms with van der Waals surface area (Å²) >= 11 is 3.55. The molecule has 0 aliphatic rings. The molecule has 1 atom stereocenters. The summed E-state index contributed by atoms with van der Waals surface area (Å²) < 4.78 is 12.4. The van der Waals surface area contributed by atoms with Gasteiger partial charge in [-0.15, -0.1) is 0 Å². The van der Waals surface area contributed by atoms with E-state index in [4.69, 9.17) is 9.16 Å². The summed E-state index contributed by atoms with van der Waals surface area (Å²) in [6.07, 6.45) is 3.95. The number of esters is 1. The van der Waals surface area contributed by atoms with Gasteiger partial charge in [-0.2, -0.15) is 0 Å². The van der Waals surface area contributed by atoms with Gasteiger partial charge >= 0.3 is 5.97 Å². The molecule has 0 bridgehead atoms. The van der Waals surface area contributed by atoms with E-state index in [0.717, 1.165) is 10.0 Å². The predicted molar refractivity (Wildman–Crippen MR) is 110 cm³/mol. The molecule has 0 radical (unpaired) electrons. The fourth-order valence-corrected chi connectivity index (χ4v) is 3.99. The zero-order valence-corrected chi connectivity index (χ0v) is 18.4. The van der Waals surface area contributed by atoms with Gasteiger partial charge in [0.1, 0.15) is 5.60 Å². The van der Waals surface area contributed by atoms with Crippen molar-refractivity contribution in [3.63, 3.8) is 0 Å². The molecule has 0 spiro atoms. The standard InChI is InChI=1S/C20H27BrO3Si/c1-7-23-19(22)13-15-20(16(2)3,24-25(4,5)6)14-12-17-10-8-9-11-18(17)21/h8-12,14,16H,7H2,1-6H3/b14-12+. The molecule has 0 aromatic heterocycles. The van der Waals surface area contributed by atoms with Crippen LogP contribution in [0.15, 0.2) is 34.8 Å². The molecule has 1 rings (SSSR count). The topological polar surface area (TPSA) is 35.5 Å². The van der Waals surface area contributed by atoms with Crippen molar-refractivity contribution in [2.45, 2.75) is 46.0 Å². The Morgan fingerprint density at radius 3 is 2.48 bits per heavy atom. The first-order chi connectivity index (χ1) is 11.6. The molecule has 25 heavy (non-hydrogen) atoms.